The van der Waals surface area contributed by atoms with Crippen LogP contribution in [0.3, 0.4) is 0 Å². The van der Waals surface area contributed by atoms with Gasteiger partial charge >= 0.3 is 11.9 Å². The molecule has 3 aliphatic carbocycles. The fraction of sp³-hybridized carbons (Fsp3) is 0.417. The largest absolute Gasteiger partial charge is 0.465 e. The fourth-order valence-corrected chi connectivity index (χ4v) is 4.84. The van der Waals surface area contributed by atoms with Gasteiger partial charge in [-0.05, 0) is 35.1 Å². The Bertz CT molecular complexity index is 768. The minimum absolute atomic E-state index is 0.180. The van der Waals surface area contributed by atoms with Crippen molar-refractivity contribution in [2.24, 2.45) is 11.8 Å². The number of esters is 2. The predicted octanol–water partition coefficient (Wildman–Crippen LogP) is 4.42. The maximum atomic E-state index is 13.1. The third-order valence-corrected chi connectivity index (χ3v) is 5.88. The zero-order chi connectivity index (χ0) is 19.7. The van der Waals surface area contributed by atoms with Crippen molar-refractivity contribution in [3.8, 4) is 0 Å². The van der Waals surface area contributed by atoms with E-state index in [2.05, 4.69) is 24.3 Å². The summed E-state index contributed by atoms with van der Waals surface area (Å²) in [6, 6.07) is 16.3. The van der Waals surface area contributed by atoms with Gasteiger partial charge in [0.2, 0.25) is 0 Å². The summed E-state index contributed by atoms with van der Waals surface area (Å²) in [6.45, 7) is 4.68. The Hall–Kier alpha value is -2.62. The van der Waals surface area contributed by atoms with Crippen LogP contribution in [0.1, 0.15) is 60.8 Å². The first-order valence-corrected chi connectivity index (χ1v) is 10.2. The molecule has 0 aromatic heterocycles. The van der Waals surface area contributed by atoms with Gasteiger partial charge in [0.05, 0.1) is 25.0 Å². The highest BCUT2D eigenvalue weighted by Gasteiger charge is 2.56. The predicted molar refractivity (Wildman–Crippen MR) is 106 cm³/mol. The normalized spacial score (nSPS) is 24.2. The lowest BCUT2D eigenvalue weighted by molar-refractivity contribution is -0.163. The third-order valence-electron chi connectivity index (χ3n) is 5.88. The van der Waals surface area contributed by atoms with Gasteiger partial charge in [0, 0.05) is 11.8 Å². The zero-order valence-electron chi connectivity index (χ0n) is 16.4. The van der Waals surface area contributed by atoms with Crippen LogP contribution in [0.25, 0.3) is 0 Å². The van der Waals surface area contributed by atoms with Gasteiger partial charge < -0.3 is 9.47 Å². The molecular formula is C24H26O4. The molecule has 2 bridgehead atoms. The van der Waals surface area contributed by atoms with Gasteiger partial charge in [-0.3, -0.25) is 9.59 Å². The number of rotatable bonds is 6. The standard InChI is InChI=1S/C24H26O4/c1-3-13-27-23(25)21-19-15-9-5-7-11-17(15)20(18-12-8-6-10-16(18)19)22(21)24(26)28-14-4-2/h5-12,19-22H,3-4,13-14H2,1-2H3/t19?,20?,21-,22-/m1/s1. The van der Waals surface area contributed by atoms with E-state index in [0.717, 1.165) is 35.1 Å². The van der Waals surface area contributed by atoms with Crippen LogP contribution in [-0.2, 0) is 19.1 Å². The third kappa shape index (κ3) is 2.92. The highest BCUT2D eigenvalue weighted by molar-refractivity contribution is 5.88. The molecule has 2 aromatic rings. The van der Waals surface area contributed by atoms with Gasteiger partial charge in [0.15, 0.2) is 0 Å². The van der Waals surface area contributed by atoms with Crippen molar-refractivity contribution in [1.29, 1.82) is 0 Å². The van der Waals surface area contributed by atoms with E-state index in [-0.39, 0.29) is 23.8 Å². The molecule has 146 valence electrons. The smallest absolute Gasteiger partial charge is 0.310 e. The van der Waals surface area contributed by atoms with E-state index in [1.54, 1.807) is 0 Å². The van der Waals surface area contributed by atoms with Crippen LogP contribution in [-0.4, -0.2) is 25.2 Å². The Morgan fingerprint density at radius 2 is 1.00 bits per heavy atom. The second-order valence-electron chi connectivity index (χ2n) is 7.60. The Morgan fingerprint density at radius 3 is 1.29 bits per heavy atom. The Balaban J connectivity index is 1.86. The average Bonchev–Trinajstić information content (AvgIpc) is 2.75. The SMILES string of the molecule is CCCOC(=O)[C@@H]1C2c3ccccc3C(c3ccccc32)[C@H]1C(=O)OCCC. The topological polar surface area (TPSA) is 52.6 Å². The van der Waals surface area contributed by atoms with E-state index in [1.165, 1.54) is 0 Å². The number of hydrogen-bond donors (Lipinski definition) is 0. The van der Waals surface area contributed by atoms with Crippen molar-refractivity contribution in [3.05, 3.63) is 70.8 Å². The van der Waals surface area contributed by atoms with Gasteiger partial charge in [-0.15, -0.1) is 0 Å². The summed E-state index contributed by atoms with van der Waals surface area (Å²) in [4.78, 5) is 26.3. The molecule has 0 aliphatic heterocycles. The molecule has 5 rings (SSSR count). The van der Waals surface area contributed by atoms with Crippen LogP contribution in [0.5, 0.6) is 0 Å². The molecule has 0 saturated carbocycles. The summed E-state index contributed by atoms with van der Waals surface area (Å²) in [5.74, 6) is -2.04. The van der Waals surface area contributed by atoms with E-state index >= 15 is 0 Å². The minimum Gasteiger partial charge on any atom is -0.465 e. The molecule has 0 spiro atoms. The first kappa shape index (κ1) is 18.7. The van der Waals surface area contributed by atoms with Crippen molar-refractivity contribution in [2.75, 3.05) is 13.2 Å². The van der Waals surface area contributed by atoms with Crippen molar-refractivity contribution in [1.82, 2.24) is 0 Å². The van der Waals surface area contributed by atoms with E-state index in [4.69, 9.17) is 9.47 Å². The number of carbonyl (C=O) groups is 2. The Morgan fingerprint density at radius 1 is 0.679 bits per heavy atom. The summed E-state index contributed by atoms with van der Waals surface area (Å²) >= 11 is 0. The van der Waals surface area contributed by atoms with E-state index in [9.17, 15) is 9.59 Å². The summed E-state index contributed by atoms with van der Waals surface area (Å²) in [5, 5.41) is 0. The molecule has 0 fully saturated rings. The maximum absolute atomic E-state index is 13.1. The van der Waals surface area contributed by atoms with E-state index in [0.29, 0.717) is 13.2 Å². The van der Waals surface area contributed by atoms with E-state index in [1.807, 2.05) is 38.1 Å². The van der Waals surface area contributed by atoms with Gasteiger partial charge in [0.25, 0.3) is 0 Å². The molecule has 0 N–H and O–H groups in total. The number of hydrogen-bond acceptors (Lipinski definition) is 4. The number of fused-ring (bicyclic) bond motifs is 1. The zero-order valence-corrected chi connectivity index (χ0v) is 16.4. The maximum Gasteiger partial charge on any atom is 0.310 e. The molecule has 3 aliphatic rings. The quantitative estimate of drug-likeness (QED) is 0.699. The molecule has 2 aromatic carbocycles. The first-order chi connectivity index (χ1) is 13.7. The second kappa shape index (κ2) is 7.78. The van der Waals surface area contributed by atoms with Gasteiger partial charge in [-0.2, -0.15) is 0 Å². The monoisotopic (exact) mass is 378 g/mol. The van der Waals surface area contributed by atoms with Crippen LogP contribution in [0.2, 0.25) is 0 Å². The number of benzene rings is 2. The highest BCUT2D eigenvalue weighted by Crippen LogP contribution is 2.58. The van der Waals surface area contributed by atoms with Crippen molar-refractivity contribution in [3.63, 3.8) is 0 Å². The number of ether oxygens (including phenoxy) is 2. The Kier molecular flexibility index (Phi) is 5.21. The lowest BCUT2D eigenvalue weighted by Crippen LogP contribution is -2.48. The van der Waals surface area contributed by atoms with Gasteiger partial charge in [-0.25, -0.2) is 0 Å². The molecule has 2 atom stereocenters. The molecule has 0 unspecified atom stereocenters. The molecule has 4 nitrogen and oxygen atoms in total. The van der Waals surface area contributed by atoms with Gasteiger partial charge in [-0.1, -0.05) is 62.4 Å². The summed E-state index contributed by atoms with van der Waals surface area (Å²) in [6.07, 6.45) is 1.51. The summed E-state index contributed by atoms with van der Waals surface area (Å²) < 4.78 is 11.1. The van der Waals surface area contributed by atoms with Crippen LogP contribution in [0, 0.1) is 11.8 Å². The molecule has 0 amide bonds. The van der Waals surface area contributed by atoms with Crippen molar-refractivity contribution >= 4 is 11.9 Å². The Labute approximate surface area is 165 Å². The summed E-state index contributed by atoms with van der Waals surface area (Å²) in [5.41, 5.74) is 4.52. The lowest BCUT2D eigenvalue weighted by Gasteiger charge is -2.48. The van der Waals surface area contributed by atoms with Crippen molar-refractivity contribution < 1.29 is 19.1 Å². The molecule has 4 heteroatoms. The van der Waals surface area contributed by atoms with Crippen LogP contribution in [0.15, 0.2) is 48.5 Å². The first-order valence-electron chi connectivity index (χ1n) is 10.2. The van der Waals surface area contributed by atoms with Crippen LogP contribution in [0.4, 0.5) is 0 Å². The molecular weight excluding hydrogens is 352 g/mol. The molecule has 0 saturated heterocycles. The molecule has 0 radical (unpaired) electrons. The molecule has 28 heavy (non-hydrogen) atoms. The highest BCUT2D eigenvalue weighted by atomic mass is 16.5. The van der Waals surface area contributed by atoms with Gasteiger partial charge in [0.1, 0.15) is 0 Å². The minimum atomic E-state index is -0.550. The second-order valence-corrected chi connectivity index (χ2v) is 7.60. The van der Waals surface area contributed by atoms with E-state index < -0.39 is 11.8 Å². The summed E-state index contributed by atoms with van der Waals surface area (Å²) in [7, 11) is 0. The van der Waals surface area contributed by atoms with Crippen molar-refractivity contribution in [2.45, 2.75) is 38.5 Å². The fourth-order valence-electron chi connectivity index (χ4n) is 4.84. The molecule has 0 heterocycles. The van der Waals surface area contributed by atoms with Crippen LogP contribution < -0.4 is 0 Å². The lowest BCUT2D eigenvalue weighted by atomic mass is 9.54. The van der Waals surface area contributed by atoms with Crippen LogP contribution >= 0.6 is 0 Å². The number of carbonyl (C=O) groups excluding carboxylic acids is 2. The average molecular weight is 378 g/mol.